The molecule has 0 amide bonds. The van der Waals surface area contributed by atoms with Gasteiger partial charge in [-0.15, -0.1) is 0 Å². The van der Waals surface area contributed by atoms with Crippen LogP contribution in [0.3, 0.4) is 0 Å². The van der Waals surface area contributed by atoms with E-state index in [4.69, 9.17) is 18.8 Å². The molecule has 19 heavy (non-hydrogen) atoms. The summed E-state index contributed by atoms with van der Waals surface area (Å²) < 4.78 is 45.8. The van der Waals surface area contributed by atoms with Crippen molar-refractivity contribution in [3.8, 4) is 0 Å². The first-order valence-corrected chi connectivity index (χ1v) is 7.19. The minimum Gasteiger partial charge on any atom is -0.382 e. The van der Waals surface area contributed by atoms with Crippen LogP contribution in [0.1, 0.15) is 5.56 Å². The van der Waals surface area contributed by atoms with Gasteiger partial charge in [-0.1, -0.05) is 12.1 Å². The van der Waals surface area contributed by atoms with E-state index in [1.54, 1.807) is 19.2 Å². The lowest BCUT2D eigenvalue weighted by molar-refractivity contribution is 0.0199. The molecule has 1 aromatic carbocycles. The van der Waals surface area contributed by atoms with Crippen molar-refractivity contribution in [2.75, 3.05) is 33.5 Å². The first-order chi connectivity index (χ1) is 9.04. The summed E-state index contributed by atoms with van der Waals surface area (Å²) in [7, 11) is -2.52. The van der Waals surface area contributed by atoms with Crippen molar-refractivity contribution in [3.05, 3.63) is 29.8 Å². The topological polar surface area (TPSA) is 82.1 Å². The van der Waals surface area contributed by atoms with Crippen LogP contribution >= 0.6 is 0 Å². The molecule has 0 atom stereocenters. The van der Waals surface area contributed by atoms with Gasteiger partial charge in [-0.2, -0.15) is 8.42 Å². The van der Waals surface area contributed by atoms with E-state index in [1.807, 2.05) is 0 Å². The molecule has 0 aliphatic rings. The molecular formula is C12H18O6S. The highest BCUT2D eigenvalue weighted by atomic mass is 32.2. The van der Waals surface area contributed by atoms with Gasteiger partial charge in [-0.05, 0) is 17.7 Å². The molecule has 108 valence electrons. The predicted octanol–water partition coefficient (Wildman–Crippen LogP) is 1.11. The predicted molar refractivity (Wildman–Crippen MR) is 68.6 cm³/mol. The fourth-order valence-corrected chi connectivity index (χ4v) is 1.79. The van der Waals surface area contributed by atoms with Gasteiger partial charge in [0.25, 0.3) is 10.1 Å². The summed E-state index contributed by atoms with van der Waals surface area (Å²) in [6, 6.07) is 5.86. The Morgan fingerprint density at radius 2 is 1.58 bits per heavy atom. The van der Waals surface area contributed by atoms with Gasteiger partial charge in [-0.25, -0.2) is 0 Å². The highest BCUT2D eigenvalue weighted by Gasteiger charge is 2.08. The largest absolute Gasteiger partial charge is 0.382 e. The van der Waals surface area contributed by atoms with E-state index in [0.717, 1.165) is 5.56 Å². The maximum absolute atomic E-state index is 10.8. The summed E-state index contributed by atoms with van der Waals surface area (Å²) in [5.74, 6) is 0. The second-order valence-electron chi connectivity index (χ2n) is 3.78. The minimum atomic E-state index is -4.13. The van der Waals surface area contributed by atoms with Crippen LogP contribution in [-0.4, -0.2) is 46.5 Å². The number of methoxy groups -OCH3 is 1. The highest BCUT2D eigenvalue weighted by molar-refractivity contribution is 7.85. The van der Waals surface area contributed by atoms with Crippen LogP contribution in [0.2, 0.25) is 0 Å². The van der Waals surface area contributed by atoms with Gasteiger partial charge in [0.1, 0.15) is 0 Å². The molecule has 0 bridgehead atoms. The highest BCUT2D eigenvalue weighted by Crippen LogP contribution is 2.10. The summed E-state index contributed by atoms with van der Waals surface area (Å²) in [5.41, 5.74) is 0.823. The van der Waals surface area contributed by atoms with E-state index in [0.29, 0.717) is 33.0 Å². The lowest BCUT2D eigenvalue weighted by Gasteiger charge is -2.06. The monoisotopic (exact) mass is 290 g/mol. The van der Waals surface area contributed by atoms with Gasteiger partial charge in [0.2, 0.25) is 0 Å². The Labute approximate surface area is 113 Å². The van der Waals surface area contributed by atoms with E-state index in [1.165, 1.54) is 12.1 Å². The zero-order chi connectivity index (χ0) is 14.1. The van der Waals surface area contributed by atoms with E-state index >= 15 is 0 Å². The quantitative estimate of drug-likeness (QED) is 0.542. The zero-order valence-corrected chi connectivity index (χ0v) is 11.6. The molecule has 0 fully saturated rings. The molecule has 0 saturated heterocycles. The van der Waals surface area contributed by atoms with Gasteiger partial charge in [0, 0.05) is 7.11 Å². The molecule has 0 unspecified atom stereocenters. The zero-order valence-electron chi connectivity index (χ0n) is 10.7. The molecule has 0 heterocycles. The fourth-order valence-electron chi connectivity index (χ4n) is 1.31. The molecule has 0 spiro atoms. The normalized spacial score (nSPS) is 11.7. The molecule has 6 nitrogen and oxygen atoms in total. The third kappa shape index (κ3) is 6.65. The van der Waals surface area contributed by atoms with Crippen molar-refractivity contribution in [2.24, 2.45) is 0 Å². The lowest BCUT2D eigenvalue weighted by atomic mass is 10.2. The van der Waals surface area contributed by atoms with E-state index in [9.17, 15) is 8.42 Å². The molecular weight excluding hydrogens is 272 g/mol. The Balaban J connectivity index is 2.23. The molecule has 1 rings (SSSR count). The average molecular weight is 290 g/mol. The summed E-state index contributed by atoms with van der Waals surface area (Å²) >= 11 is 0. The molecule has 0 aliphatic heterocycles. The summed E-state index contributed by atoms with van der Waals surface area (Å²) in [4.78, 5) is -0.126. The Kier molecular flexibility index (Phi) is 6.96. The van der Waals surface area contributed by atoms with Gasteiger partial charge in [0.05, 0.1) is 37.9 Å². The smallest absolute Gasteiger partial charge is 0.294 e. The van der Waals surface area contributed by atoms with Crippen LogP contribution in [0.15, 0.2) is 29.2 Å². The molecule has 0 aliphatic carbocycles. The van der Waals surface area contributed by atoms with E-state index < -0.39 is 10.1 Å². The molecule has 1 aromatic rings. The molecule has 0 aromatic heterocycles. The third-order valence-corrected chi connectivity index (χ3v) is 3.16. The molecule has 1 N–H and O–H groups in total. The summed E-state index contributed by atoms with van der Waals surface area (Å²) in [6.45, 7) is 2.37. The van der Waals surface area contributed by atoms with Gasteiger partial charge in [0.15, 0.2) is 0 Å². The van der Waals surface area contributed by atoms with Crippen LogP contribution in [0.4, 0.5) is 0 Å². The average Bonchev–Trinajstić information content (AvgIpc) is 2.37. The van der Waals surface area contributed by atoms with Gasteiger partial charge in [-0.3, -0.25) is 4.55 Å². The SMILES string of the molecule is COCCOCCOCc1ccc(S(=O)(=O)O)cc1. The number of hydrogen-bond donors (Lipinski definition) is 1. The van der Waals surface area contributed by atoms with Crippen LogP contribution in [0.25, 0.3) is 0 Å². The molecule has 0 radical (unpaired) electrons. The van der Waals surface area contributed by atoms with Gasteiger partial charge >= 0.3 is 0 Å². The second kappa shape index (κ2) is 8.23. The van der Waals surface area contributed by atoms with Crippen LogP contribution in [0, 0.1) is 0 Å². The van der Waals surface area contributed by atoms with Crippen molar-refractivity contribution < 1.29 is 27.2 Å². The first kappa shape index (κ1) is 16.1. The summed E-state index contributed by atoms with van der Waals surface area (Å²) in [6.07, 6.45) is 0. The van der Waals surface area contributed by atoms with Crippen LogP contribution in [0.5, 0.6) is 0 Å². The van der Waals surface area contributed by atoms with Crippen molar-refractivity contribution in [2.45, 2.75) is 11.5 Å². The van der Waals surface area contributed by atoms with E-state index in [2.05, 4.69) is 0 Å². The van der Waals surface area contributed by atoms with Crippen molar-refractivity contribution >= 4 is 10.1 Å². The second-order valence-corrected chi connectivity index (χ2v) is 5.20. The number of ether oxygens (including phenoxy) is 3. The van der Waals surface area contributed by atoms with E-state index in [-0.39, 0.29) is 4.90 Å². The Hall–Kier alpha value is -0.990. The summed E-state index contributed by atoms with van der Waals surface area (Å²) in [5, 5.41) is 0. The fraction of sp³-hybridized carbons (Fsp3) is 0.500. The number of rotatable bonds is 9. The third-order valence-electron chi connectivity index (χ3n) is 2.29. The first-order valence-electron chi connectivity index (χ1n) is 5.75. The van der Waals surface area contributed by atoms with Crippen molar-refractivity contribution in [1.82, 2.24) is 0 Å². The maximum Gasteiger partial charge on any atom is 0.294 e. The number of benzene rings is 1. The van der Waals surface area contributed by atoms with Crippen LogP contribution < -0.4 is 0 Å². The Morgan fingerprint density at radius 1 is 1.00 bits per heavy atom. The molecule has 0 saturated carbocycles. The van der Waals surface area contributed by atoms with Crippen molar-refractivity contribution in [3.63, 3.8) is 0 Å². The Morgan fingerprint density at radius 3 is 2.16 bits per heavy atom. The van der Waals surface area contributed by atoms with Gasteiger partial charge < -0.3 is 14.2 Å². The molecule has 7 heteroatoms. The maximum atomic E-state index is 10.8. The standard InChI is InChI=1S/C12H18O6S/c1-16-6-7-17-8-9-18-10-11-2-4-12(5-3-11)19(13,14)15/h2-5H,6-10H2,1H3,(H,13,14,15). The number of hydrogen-bond acceptors (Lipinski definition) is 5. The lowest BCUT2D eigenvalue weighted by Crippen LogP contribution is -2.08. The Bertz CT molecular complexity index is 454. The van der Waals surface area contributed by atoms with Crippen molar-refractivity contribution in [1.29, 1.82) is 0 Å². The van der Waals surface area contributed by atoms with Crippen LogP contribution in [-0.2, 0) is 30.9 Å². The minimum absolute atomic E-state index is 0.126.